The van der Waals surface area contributed by atoms with Gasteiger partial charge in [0.05, 0.1) is 17.2 Å². The van der Waals surface area contributed by atoms with Crippen LogP contribution in [-0.2, 0) is 26.2 Å². The maximum atomic E-state index is 14.1. The first kappa shape index (κ1) is 31.7. The van der Waals surface area contributed by atoms with Crippen LogP contribution < -0.4 is 14.4 Å². The van der Waals surface area contributed by atoms with Crippen LogP contribution in [0, 0.1) is 0 Å². The molecule has 0 spiro atoms. The molecule has 0 aromatic heterocycles. The SMILES string of the molecule is CCOc1ccc(N(CC(=O)N(Cc2cccc(Cl)c2)[C@@H](C)C(=O)NC2CCCC2)S(=O)(=O)c2ccc(Cl)cc2)cc1. The van der Waals surface area contributed by atoms with Crippen molar-refractivity contribution >= 4 is 50.7 Å². The minimum absolute atomic E-state index is 0.0259. The Kier molecular flexibility index (Phi) is 10.8. The number of rotatable bonds is 12. The first-order valence-corrected chi connectivity index (χ1v) is 16.1. The minimum atomic E-state index is -4.20. The maximum Gasteiger partial charge on any atom is 0.264 e. The molecule has 3 aromatic rings. The van der Waals surface area contributed by atoms with Gasteiger partial charge in [-0.2, -0.15) is 0 Å². The molecule has 1 aliphatic rings. The summed E-state index contributed by atoms with van der Waals surface area (Å²) in [7, 11) is -4.20. The van der Waals surface area contributed by atoms with E-state index in [4.69, 9.17) is 27.9 Å². The highest BCUT2D eigenvalue weighted by Crippen LogP contribution is 2.28. The number of nitrogens with one attached hydrogen (secondary N) is 1. The summed E-state index contributed by atoms with van der Waals surface area (Å²) in [5.41, 5.74) is 0.983. The lowest BCUT2D eigenvalue weighted by Gasteiger charge is -2.32. The normalized spacial score (nSPS) is 14.3. The van der Waals surface area contributed by atoms with Crippen molar-refractivity contribution in [2.75, 3.05) is 17.5 Å². The average molecular weight is 633 g/mol. The molecule has 1 saturated carbocycles. The molecular weight excluding hydrogens is 597 g/mol. The number of ether oxygens (including phenoxy) is 1. The van der Waals surface area contributed by atoms with Gasteiger partial charge >= 0.3 is 0 Å². The molecule has 42 heavy (non-hydrogen) atoms. The largest absolute Gasteiger partial charge is 0.494 e. The van der Waals surface area contributed by atoms with Gasteiger partial charge < -0.3 is 15.0 Å². The summed E-state index contributed by atoms with van der Waals surface area (Å²) in [6, 6.07) is 18.4. The number of hydrogen-bond donors (Lipinski definition) is 1. The second kappa shape index (κ2) is 14.3. The topological polar surface area (TPSA) is 96.0 Å². The van der Waals surface area contributed by atoms with E-state index in [1.165, 1.54) is 29.2 Å². The van der Waals surface area contributed by atoms with E-state index in [9.17, 15) is 18.0 Å². The van der Waals surface area contributed by atoms with Gasteiger partial charge in [0.1, 0.15) is 18.3 Å². The van der Waals surface area contributed by atoms with Crippen molar-refractivity contribution in [3.63, 3.8) is 0 Å². The zero-order valence-corrected chi connectivity index (χ0v) is 26.0. The Morgan fingerprint density at radius 2 is 1.64 bits per heavy atom. The van der Waals surface area contributed by atoms with Gasteiger partial charge in [0.15, 0.2) is 0 Å². The molecule has 0 heterocycles. The molecule has 0 aliphatic heterocycles. The lowest BCUT2D eigenvalue weighted by molar-refractivity contribution is -0.139. The van der Waals surface area contributed by atoms with Gasteiger partial charge in [0.2, 0.25) is 11.8 Å². The van der Waals surface area contributed by atoms with E-state index >= 15 is 0 Å². The fourth-order valence-electron chi connectivity index (χ4n) is 4.94. The third-order valence-electron chi connectivity index (χ3n) is 7.23. The number of sulfonamides is 1. The van der Waals surface area contributed by atoms with Gasteiger partial charge in [-0.05, 0) is 92.9 Å². The fourth-order valence-corrected chi connectivity index (χ4v) is 6.70. The predicted octanol–water partition coefficient (Wildman–Crippen LogP) is 6.06. The number of nitrogens with zero attached hydrogens (tertiary/aromatic N) is 2. The van der Waals surface area contributed by atoms with E-state index in [1.54, 1.807) is 49.4 Å². The Hall–Kier alpha value is -3.27. The Morgan fingerprint density at radius 3 is 2.26 bits per heavy atom. The average Bonchev–Trinajstić information content (AvgIpc) is 3.48. The molecule has 11 heteroatoms. The molecule has 0 bridgehead atoms. The first-order valence-electron chi connectivity index (χ1n) is 13.9. The van der Waals surface area contributed by atoms with Crippen molar-refractivity contribution < 1.29 is 22.7 Å². The molecule has 2 amide bonds. The zero-order chi connectivity index (χ0) is 30.3. The zero-order valence-electron chi connectivity index (χ0n) is 23.6. The number of carbonyl (C=O) groups is 2. The fraction of sp³-hybridized carbons (Fsp3) is 0.355. The molecule has 1 N–H and O–H groups in total. The highest BCUT2D eigenvalue weighted by Gasteiger charge is 2.33. The lowest BCUT2D eigenvalue weighted by Crippen LogP contribution is -2.52. The highest BCUT2D eigenvalue weighted by molar-refractivity contribution is 7.92. The van der Waals surface area contributed by atoms with Crippen LogP contribution in [-0.4, -0.2) is 50.4 Å². The van der Waals surface area contributed by atoms with Crippen molar-refractivity contribution in [3.05, 3.63) is 88.4 Å². The number of hydrogen-bond acceptors (Lipinski definition) is 5. The Morgan fingerprint density at radius 1 is 0.976 bits per heavy atom. The van der Waals surface area contributed by atoms with Crippen molar-refractivity contribution in [1.82, 2.24) is 10.2 Å². The van der Waals surface area contributed by atoms with E-state index < -0.39 is 28.5 Å². The molecule has 0 unspecified atom stereocenters. The molecule has 0 saturated heterocycles. The van der Waals surface area contributed by atoms with E-state index in [-0.39, 0.29) is 29.1 Å². The van der Waals surface area contributed by atoms with E-state index in [2.05, 4.69) is 5.32 Å². The smallest absolute Gasteiger partial charge is 0.264 e. The first-order chi connectivity index (χ1) is 20.1. The molecule has 8 nitrogen and oxygen atoms in total. The number of amides is 2. The van der Waals surface area contributed by atoms with E-state index in [0.717, 1.165) is 30.0 Å². The van der Waals surface area contributed by atoms with Crippen molar-refractivity contribution in [3.8, 4) is 5.75 Å². The third kappa shape index (κ3) is 7.96. The van der Waals surface area contributed by atoms with Gasteiger partial charge in [-0.25, -0.2) is 8.42 Å². The standard InChI is InChI=1S/C31H35Cl2N3O5S/c1-3-41-28-15-13-27(14-16-28)36(42(39,40)29-17-11-24(32)12-18-29)21-30(37)35(20-23-7-6-8-25(33)19-23)22(2)31(38)34-26-9-4-5-10-26/h6-8,11-19,22,26H,3-5,9-10,20-21H2,1-2H3,(H,34,38)/t22-/m0/s1. The summed E-state index contributed by atoms with van der Waals surface area (Å²) >= 11 is 12.2. The highest BCUT2D eigenvalue weighted by atomic mass is 35.5. The quantitative estimate of drug-likeness (QED) is 0.262. The molecule has 0 radical (unpaired) electrons. The number of carbonyl (C=O) groups excluding carboxylic acids is 2. The monoisotopic (exact) mass is 631 g/mol. The Labute approximate surface area is 257 Å². The van der Waals surface area contributed by atoms with Gasteiger partial charge in [0.25, 0.3) is 10.0 Å². The van der Waals surface area contributed by atoms with Crippen LogP contribution in [0.15, 0.2) is 77.7 Å². The summed E-state index contributed by atoms with van der Waals surface area (Å²) in [6.45, 7) is 3.48. The number of anilines is 1. The Bertz CT molecular complexity index is 1480. The Balaban J connectivity index is 1.69. The molecule has 1 atom stereocenters. The van der Waals surface area contributed by atoms with Crippen LogP contribution in [0.4, 0.5) is 5.69 Å². The van der Waals surface area contributed by atoms with Gasteiger partial charge in [-0.3, -0.25) is 13.9 Å². The van der Waals surface area contributed by atoms with Crippen LogP contribution >= 0.6 is 23.2 Å². The van der Waals surface area contributed by atoms with Crippen molar-refractivity contribution in [2.45, 2.75) is 63.1 Å². The second-order valence-electron chi connectivity index (χ2n) is 10.2. The molecule has 3 aromatic carbocycles. The molecule has 1 aliphatic carbocycles. The van der Waals surface area contributed by atoms with Gasteiger partial charge in [-0.1, -0.05) is 48.2 Å². The number of halogens is 2. The number of benzene rings is 3. The molecule has 224 valence electrons. The molecule has 4 rings (SSSR count). The van der Waals surface area contributed by atoms with Crippen LogP contribution in [0.25, 0.3) is 0 Å². The predicted molar refractivity (Wildman–Crippen MR) is 165 cm³/mol. The summed E-state index contributed by atoms with van der Waals surface area (Å²) in [5.74, 6) is -0.267. The van der Waals surface area contributed by atoms with E-state index in [1.807, 2.05) is 13.0 Å². The molecular formula is C31H35Cl2N3O5S. The van der Waals surface area contributed by atoms with Crippen LogP contribution in [0.1, 0.15) is 45.1 Å². The van der Waals surface area contributed by atoms with Crippen molar-refractivity contribution in [2.24, 2.45) is 0 Å². The van der Waals surface area contributed by atoms with Crippen LogP contribution in [0.2, 0.25) is 10.0 Å². The summed E-state index contributed by atoms with van der Waals surface area (Å²) in [6.07, 6.45) is 3.88. The second-order valence-corrected chi connectivity index (χ2v) is 12.9. The lowest BCUT2D eigenvalue weighted by atomic mass is 10.1. The summed E-state index contributed by atoms with van der Waals surface area (Å²) in [4.78, 5) is 28.8. The maximum absolute atomic E-state index is 14.1. The third-order valence-corrected chi connectivity index (χ3v) is 9.50. The summed E-state index contributed by atoms with van der Waals surface area (Å²) < 4.78 is 34.4. The molecule has 1 fully saturated rings. The van der Waals surface area contributed by atoms with Gasteiger partial charge in [0, 0.05) is 22.6 Å². The van der Waals surface area contributed by atoms with E-state index in [0.29, 0.717) is 28.0 Å². The van der Waals surface area contributed by atoms with Crippen LogP contribution in [0.5, 0.6) is 5.75 Å². The minimum Gasteiger partial charge on any atom is -0.494 e. The van der Waals surface area contributed by atoms with Gasteiger partial charge in [-0.15, -0.1) is 0 Å². The van der Waals surface area contributed by atoms with Crippen molar-refractivity contribution in [1.29, 1.82) is 0 Å². The van der Waals surface area contributed by atoms with Crippen LogP contribution in [0.3, 0.4) is 0 Å². The summed E-state index contributed by atoms with van der Waals surface area (Å²) in [5, 5.41) is 3.93.